The first-order valence-corrected chi connectivity index (χ1v) is 12.4. The number of anilines is 3. The Hall–Kier alpha value is -3.01. The Balaban J connectivity index is 1.45. The van der Waals surface area contributed by atoms with Crippen LogP contribution < -0.4 is 20.9 Å². The molecule has 1 aliphatic heterocycles. The van der Waals surface area contributed by atoms with Crippen LogP contribution in [0.1, 0.15) is 38.4 Å². The first kappa shape index (κ1) is 24.6. The summed E-state index contributed by atoms with van der Waals surface area (Å²) in [6.07, 6.45) is 3.64. The summed E-state index contributed by atoms with van der Waals surface area (Å²) in [5.41, 5.74) is 1.81. The molecular formula is C23H31N5O4S. The highest BCUT2D eigenvalue weighted by Gasteiger charge is 2.21. The second-order valence-electron chi connectivity index (χ2n) is 8.01. The van der Waals surface area contributed by atoms with Crippen molar-refractivity contribution in [2.75, 3.05) is 40.1 Å². The molecule has 2 aromatic rings. The van der Waals surface area contributed by atoms with Crippen molar-refractivity contribution in [3.05, 3.63) is 36.1 Å². The number of hydrogen-bond donors (Lipinski definition) is 3. The lowest BCUT2D eigenvalue weighted by Gasteiger charge is -2.20. The molecule has 3 amide bonds. The Morgan fingerprint density at radius 2 is 1.88 bits per heavy atom. The number of thioether (sulfide) groups is 1. The predicted octanol–water partition coefficient (Wildman–Crippen LogP) is 3.18. The van der Waals surface area contributed by atoms with Crippen molar-refractivity contribution in [1.82, 2.24) is 10.5 Å². The number of nitrogens with one attached hydrogen (secondary N) is 3. The van der Waals surface area contributed by atoms with Gasteiger partial charge in [-0.2, -0.15) is 0 Å². The van der Waals surface area contributed by atoms with Crippen molar-refractivity contribution in [3.8, 4) is 0 Å². The monoisotopic (exact) mass is 473 g/mol. The molecule has 1 unspecified atom stereocenters. The molecule has 3 rings (SSSR count). The smallest absolute Gasteiger partial charge is 0.246 e. The molecule has 33 heavy (non-hydrogen) atoms. The molecular weight excluding hydrogens is 442 g/mol. The van der Waals surface area contributed by atoms with Gasteiger partial charge in [-0.15, -0.1) is 11.8 Å². The summed E-state index contributed by atoms with van der Waals surface area (Å²) >= 11 is 1.17. The molecule has 178 valence electrons. The van der Waals surface area contributed by atoms with E-state index >= 15 is 0 Å². The zero-order valence-corrected chi connectivity index (χ0v) is 19.9. The number of carbonyl (C=O) groups excluding carboxylic acids is 3. The summed E-state index contributed by atoms with van der Waals surface area (Å²) in [6, 6.07) is 8.78. The number of carbonyl (C=O) groups is 3. The van der Waals surface area contributed by atoms with Gasteiger partial charge in [-0.3, -0.25) is 14.4 Å². The summed E-state index contributed by atoms with van der Waals surface area (Å²) in [5.74, 6) is 0.298. The molecule has 0 aliphatic carbocycles. The Labute approximate surface area is 198 Å². The minimum absolute atomic E-state index is 0.0726. The highest BCUT2D eigenvalue weighted by atomic mass is 32.2. The average Bonchev–Trinajstić information content (AvgIpc) is 3.46. The van der Waals surface area contributed by atoms with Crippen molar-refractivity contribution in [2.24, 2.45) is 0 Å². The molecule has 1 aliphatic rings. The van der Waals surface area contributed by atoms with Crippen LogP contribution in [0.15, 0.2) is 34.9 Å². The molecule has 0 bridgehead atoms. The third kappa shape index (κ3) is 7.81. The zero-order valence-electron chi connectivity index (χ0n) is 19.1. The van der Waals surface area contributed by atoms with E-state index in [1.807, 2.05) is 31.2 Å². The maximum absolute atomic E-state index is 12.8. The maximum atomic E-state index is 12.8. The molecule has 0 radical (unpaired) electrons. The molecule has 1 aromatic heterocycles. The van der Waals surface area contributed by atoms with Crippen molar-refractivity contribution in [2.45, 2.75) is 45.6 Å². The van der Waals surface area contributed by atoms with Gasteiger partial charge < -0.3 is 25.4 Å². The standard InChI is InChI=1S/C23H31N5O4S/c1-3-7-19(23(31)24-17-8-6-9-18(13-17)28-10-4-5-11-28)25-21(29)14-33-15-22(30)26-20-12-16(2)32-27-20/h6,8-9,12-13,19H,3-5,7,10-11,14-15H2,1-2H3,(H,24,31)(H,25,29)(H,26,27,30). The molecule has 1 fully saturated rings. The van der Waals surface area contributed by atoms with Crippen molar-refractivity contribution in [1.29, 1.82) is 0 Å². The topological polar surface area (TPSA) is 117 Å². The summed E-state index contributed by atoms with van der Waals surface area (Å²) in [7, 11) is 0. The number of aryl methyl sites for hydroxylation is 1. The fourth-order valence-corrected chi connectivity index (χ4v) is 4.25. The van der Waals surface area contributed by atoms with Gasteiger partial charge in [-0.05, 0) is 44.4 Å². The third-order valence-electron chi connectivity index (χ3n) is 5.18. The zero-order chi connectivity index (χ0) is 23.6. The second kappa shape index (κ2) is 12.3. The van der Waals surface area contributed by atoms with Gasteiger partial charge in [0.05, 0.1) is 11.5 Å². The Morgan fingerprint density at radius 1 is 1.12 bits per heavy atom. The van der Waals surface area contributed by atoms with Gasteiger partial charge >= 0.3 is 0 Å². The average molecular weight is 474 g/mol. The Bertz CT molecular complexity index is 958. The first-order valence-electron chi connectivity index (χ1n) is 11.2. The van der Waals surface area contributed by atoms with Gasteiger partial charge in [0.1, 0.15) is 11.8 Å². The van der Waals surface area contributed by atoms with Crippen LogP contribution >= 0.6 is 11.8 Å². The van der Waals surface area contributed by atoms with Crippen LogP contribution in [0.3, 0.4) is 0 Å². The molecule has 1 saturated heterocycles. The first-order chi connectivity index (χ1) is 15.9. The summed E-state index contributed by atoms with van der Waals surface area (Å²) in [5, 5.41) is 12.0. The summed E-state index contributed by atoms with van der Waals surface area (Å²) in [6.45, 7) is 5.75. The van der Waals surface area contributed by atoms with E-state index < -0.39 is 6.04 Å². The predicted molar refractivity (Wildman–Crippen MR) is 131 cm³/mol. The van der Waals surface area contributed by atoms with Gasteiger partial charge in [0, 0.05) is 30.5 Å². The lowest BCUT2D eigenvalue weighted by molar-refractivity contribution is -0.125. The lowest BCUT2D eigenvalue weighted by Crippen LogP contribution is -2.44. The SMILES string of the molecule is CCCC(NC(=O)CSCC(=O)Nc1cc(C)on1)C(=O)Nc1cccc(N2CCCC2)c1. The number of aromatic nitrogens is 1. The van der Waals surface area contributed by atoms with E-state index in [1.54, 1.807) is 13.0 Å². The van der Waals surface area contributed by atoms with Gasteiger partial charge in [0.15, 0.2) is 5.82 Å². The Morgan fingerprint density at radius 3 is 2.58 bits per heavy atom. The van der Waals surface area contributed by atoms with Crippen LogP contribution in [0.4, 0.5) is 17.2 Å². The van der Waals surface area contributed by atoms with Gasteiger partial charge in [-0.25, -0.2) is 0 Å². The molecule has 3 N–H and O–H groups in total. The molecule has 2 heterocycles. The van der Waals surface area contributed by atoms with Crippen LogP contribution in [0.2, 0.25) is 0 Å². The van der Waals surface area contributed by atoms with Gasteiger partial charge in [0.25, 0.3) is 0 Å². The van der Waals surface area contributed by atoms with Crippen LogP contribution in [0.25, 0.3) is 0 Å². The van der Waals surface area contributed by atoms with Gasteiger partial charge in [-0.1, -0.05) is 24.6 Å². The molecule has 0 spiro atoms. The number of hydrogen-bond acceptors (Lipinski definition) is 7. The fraction of sp³-hybridized carbons (Fsp3) is 0.478. The van der Waals surface area contributed by atoms with E-state index in [0.717, 1.165) is 25.2 Å². The van der Waals surface area contributed by atoms with E-state index in [2.05, 4.69) is 26.0 Å². The van der Waals surface area contributed by atoms with E-state index in [4.69, 9.17) is 4.52 Å². The molecule has 9 nitrogen and oxygen atoms in total. The normalized spacial score (nSPS) is 14.1. The number of amides is 3. The maximum Gasteiger partial charge on any atom is 0.246 e. The van der Waals surface area contributed by atoms with Crippen LogP contribution in [-0.2, 0) is 14.4 Å². The van der Waals surface area contributed by atoms with E-state index in [9.17, 15) is 14.4 Å². The van der Waals surface area contributed by atoms with E-state index in [0.29, 0.717) is 23.7 Å². The molecule has 0 saturated carbocycles. The van der Waals surface area contributed by atoms with Gasteiger partial charge in [0.2, 0.25) is 17.7 Å². The number of benzene rings is 1. The highest BCUT2D eigenvalue weighted by Crippen LogP contribution is 2.23. The third-order valence-corrected chi connectivity index (χ3v) is 6.11. The van der Waals surface area contributed by atoms with Crippen LogP contribution in [-0.4, -0.2) is 53.5 Å². The minimum atomic E-state index is -0.634. The molecule has 1 atom stereocenters. The van der Waals surface area contributed by atoms with Crippen molar-refractivity contribution in [3.63, 3.8) is 0 Å². The summed E-state index contributed by atoms with van der Waals surface area (Å²) < 4.78 is 4.90. The highest BCUT2D eigenvalue weighted by molar-refractivity contribution is 8.00. The molecule has 10 heteroatoms. The van der Waals surface area contributed by atoms with Crippen LogP contribution in [0.5, 0.6) is 0 Å². The van der Waals surface area contributed by atoms with Crippen molar-refractivity contribution >= 4 is 46.7 Å². The van der Waals surface area contributed by atoms with Crippen molar-refractivity contribution < 1.29 is 18.9 Å². The number of rotatable bonds is 11. The Kier molecular flexibility index (Phi) is 9.17. The van der Waals surface area contributed by atoms with E-state index in [-0.39, 0.29) is 29.2 Å². The molecule has 1 aromatic carbocycles. The quantitative estimate of drug-likeness (QED) is 0.459. The van der Waals surface area contributed by atoms with E-state index in [1.165, 1.54) is 24.6 Å². The van der Waals surface area contributed by atoms with Crippen LogP contribution in [0, 0.1) is 6.92 Å². The largest absolute Gasteiger partial charge is 0.371 e. The summed E-state index contributed by atoms with van der Waals surface area (Å²) in [4.78, 5) is 39.5. The minimum Gasteiger partial charge on any atom is -0.371 e. The lowest BCUT2D eigenvalue weighted by atomic mass is 10.1. The number of nitrogens with zero attached hydrogens (tertiary/aromatic N) is 2. The fourth-order valence-electron chi connectivity index (χ4n) is 3.62. The second-order valence-corrected chi connectivity index (χ2v) is 8.99.